The summed E-state index contributed by atoms with van der Waals surface area (Å²) in [4.78, 5) is 23.9. The van der Waals surface area contributed by atoms with Gasteiger partial charge >= 0.3 is 6.03 Å². The normalized spacial score (nSPS) is 9.94. The Morgan fingerprint density at radius 2 is 2.31 bits per heavy atom. The molecule has 0 aliphatic rings. The summed E-state index contributed by atoms with van der Waals surface area (Å²) in [5.74, 6) is 0.179. The van der Waals surface area contributed by atoms with E-state index in [1.807, 2.05) is 0 Å². The molecule has 0 bridgehead atoms. The number of nitrogens with zero attached hydrogens (tertiary/aromatic N) is 3. The minimum atomic E-state index is -0.499. The van der Waals surface area contributed by atoms with E-state index in [1.54, 1.807) is 19.3 Å². The number of urea groups is 1. The second-order valence-electron chi connectivity index (χ2n) is 3.23. The van der Waals surface area contributed by atoms with Gasteiger partial charge < -0.3 is 5.73 Å². The van der Waals surface area contributed by atoms with E-state index in [2.05, 4.69) is 10.4 Å². The van der Waals surface area contributed by atoms with Gasteiger partial charge in [0.1, 0.15) is 5.82 Å². The number of carbonyl (C=O) groups is 2. The molecule has 0 aromatic carbocycles. The van der Waals surface area contributed by atoms with Crippen molar-refractivity contribution in [2.75, 3.05) is 18.4 Å². The zero-order valence-electron chi connectivity index (χ0n) is 9.30. The summed E-state index contributed by atoms with van der Waals surface area (Å²) >= 11 is 0. The molecule has 0 saturated heterocycles. The van der Waals surface area contributed by atoms with Crippen LogP contribution in [0.3, 0.4) is 0 Å². The van der Waals surface area contributed by atoms with Crippen LogP contribution in [0.25, 0.3) is 0 Å². The van der Waals surface area contributed by atoms with E-state index in [4.69, 9.17) is 5.73 Å². The van der Waals surface area contributed by atoms with Crippen molar-refractivity contribution in [2.45, 2.75) is 6.92 Å². The van der Waals surface area contributed by atoms with Crippen molar-refractivity contribution in [3.63, 3.8) is 0 Å². The van der Waals surface area contributed by atoms with E-state index in [0.717, 1.165) is 4.90 Å². The first-order chi connectivity index (χ1) is 7.56. The zero-order chi connectivity index (χ0) is 12.1. The summed E-state index contributed by atoms with van der Waals surface area (Å²) in [6.45, 7) is 1.75. The van der Waals surface area contributed by atoms with Gasteiger partial charge in [-0.3, -0.25) is 19.7 Å². The van der Waals surface area contributed by atoms with Crippen LogP contribution in [0.5, 0.6) is 0 Å². The van der Waals surface area contributed by atoms with Gasteiger partial charge in [-0.05, 0) is 0 Å². The number of anilines is 1. The SMILES string of the molecule is CC(=O)N(CCN)C(=O)Nc1ccnn1C. The molecular formula is C9H15N5O2. The Kier molecular flexibility index (Phi) is 4.01. The third kappa shape index (κ3) is 2.80. The number of imide groups is 1. The van der Waals surface area contributed by atoms with Gasteiger partial charge in [0.2, 0.25) is 5.91 Å². The number of hydrogen-bond donors (Lipinski definition) is 2. The van der Waals surface area contributed by atoms with E-state index in [0.29, 0.717) is 5.82 Å². The lowest BCUT2D eigenvalue weighted by Gasteiger charge is -2.18. The molecule has 1 aromatic rings. The first-order valence-electron chi connectivity index (χ1n) is 4.83. The molecule has 0 radical (unpaired) electrons. The van der Waals surface area contributed by atoms with Gasteiger partial charge in [0.15, 0.2) is 0 Å². The molecule has 1 aromatic heterocycles. The van der Waals surface area contributed by atoms with Crippen LogP contribution in [-0.2, 0) is 11.8 Å². The van der Waals surface area contributed by atoms with E-state index < -0.39 is 6.03 Å². The largest absolute Gasteiger partial charge is 0.329 e. The van der Waals surface area contributed by atoms with Gasteiger partial charge in [-0.15, -0.1) is 0 Å². The molecule has 3 amide bonds. The van der Waals surface area contributed by atoms with Gasteiger partial charge in [-0.2, -0.15) is 5.10 Å². The Morgan fingerprint density at radius 3 is 2.75 bits per heavy atom. The molecule has 1 heterocycles. The Morgan fingerprint density at radius 1 is 1.62 bits per heavy atom. The molecule has 0 saturated carbocycles. The molecular weight excluding hydrogens is 210 g/mol. The molecule has 0 unspecified atom stereocenters. The molecule has 0 fully saturated rings. The average Bonchev–Trinajstić information content (AvgIpc) is 2.60. The Bertz CT molecular complexity index is 387. The second kappa shape index (κ2) is 5.26. The zero-order valence-corrected chi connectivity index (χ0v) is 9.30. The van der Waals surface area contributed by atoms with Crippen LogP contribution in [-0.4, -0.2) is 39.7 Å². The number of hydrogen-bond acceptors (Lipinski definition) is 4. The third-order valence-corrected chi connectivity index (χ3v) is 2.03. The monoisotopic (exact) mass is 225 g/mol. The van der Waals surface area contributed by atoms with Crippen molar-refractivity contribution in [3.05, 3.63) is 12.3 Å². The topological polar surface area (TPSA) is 93.2 Å². The lowest BCUT2D eigenvalue weighted by atomic mass is 10.5. The molecule has 0 spiro atoms. The molecule has 16 heavy (non-hydrogen) atoms. The van der Waals surface area contributed by atoms with Crippen molar-refractivity contribution in [3.8, 4) is 0 Å². The number of aryl methyl sites for hydroxylation is 1. The fourth-order valence-electron chi connectivity index (χ4n) is 1.20. The van der Waals surface area contributed by atoms with E-state index in [9.17, 15) is 9.59 Å². The van der Waals surface area contributed by atoms with Gasteiger partial charge in [0.25, 0.3) is 0 Å². The fourth-order valence-corrected chi connectivity index (χ4v) is 1.20. The Hall–Kier alpha value is -1.89. The van der Waals surface area contributed by atoms with Crippen LogP contribution in [0.1, 0.15) is 6.92 Å². The molecule has 1 rings (SSSR count). The molecule has 0 atom stereocenters. The minimum Gasteiger partial charge on any atom is -0.329 e. The summed E-state index contributed by atoms with van der Waals surface area (Å²) < 4.78 is 1.50. The maximum Gasteiger partial charge on any atom is 0.329 e. The van der Waals surface area contributed by atoms with E-state index in [1.165, 1.54) is 11.6 Å². The molecule has 0 aliphatic carbocycles. The molecule has 7 heteroatoms. The van der Waals surface area contributed by atoms with Crippen LogP contribution in [0.4, 0.5) is 10.6 Å². The predicted molar refractivity (Wildman–Crippen MR) is 58.7 cm³/mol. The van der Waals surface area contributed by atoms with Crippen molar-refractivity contribution >= 4 is 17.8 Å². The summed E-state index contributed by atoms with van der Waals surface area (Å²) in [5, 5.41) is 6.46. The molecule has 7 nitrogen and oxygen atoms in total. The standard InChI is InChI=1S/C9H15N5O2/c1-7(15)14(6-4-10)9(16)12-8-3-5-11-13(8)2/h3,5H,4,6,10H2,1-2H3,(H,12,16). The molecule has 88 valence electrons. The highest BCUT2D eigenvalue weighted by atomic mass is 16.2. The maximum atomic E-state index is 11.7. The smallest absolute Gasteiger partial charge is 0.329 e. The van der Waals surface area contributed by atoms with Gasteiger partial charge in [0.05, 0.1) is 6.20 Å². The third-order valence-electron chi connectivity index (χ3n) is 2.03. The average molecular weight is 225 g/mol. The van der Waals surface area contributed by atoms with Crippen LogP contribution in [0, 0.1) is 0 Å². The van der Waals surface area contributed by atoms with E-state index >= 15 is 0 Å². The fraction of sp³-hybridized carbons (Fsp3) is 0.444. The first-order valence-corrected chi connectivity index (χ1v) is 4.83. The first kappa shape index (κ1) is 12.2. The van der Waals surface area contributed by atoms with Crippen molar-refractivity contribution in [2.24, 2.45) is 12.8 Å². The highest BCUT2D eigenvalue weighted by molar-refractivity contribution is 6.00. The molecule has 0 aliphatic heterocycles. The van der Waals surface area contributed by atoms with Crippen LogP contribution in [0.15, 0.2) is 12.3 Å². The highest BCUT2D eigenvalue weighted by Crippen LogP contribution is 2.05. The minimum absolute atomic E-state index is 0.193. The number of nitrogens with one attached hydrogen (secondary N) is 1. The Balaban J connectivity index is 2.69. The lowest BCUT2D eigenvalue weighted by Crippen LogP contribution is -2.41. The van der Waals surface area contributed by atoms with Crippen LogP contribution >= 0.6 is 0 Å². The quantitative estimate of drug-likeness (QED) is 0.742. The Labute approximate surface area is 93.2 Å². The number of nitrogens with two attached hydrogens (primary N) is 1. The van der Waals surface area contributed by atoms with E-state index in [-0.39, 0.29) is 19.0 Å². The van der Waals surface area contributed by atoms with Crippen LogP contribution < -0.4 is 11.1 Å². The second-order valence-corrected chi connectivity index (χ2v) is 3.23. The summed E-state index contributed by atoms with van der Waals surface area (Å²) in [5.41, 5.74) is 5.32. The molecule has 3 N–H and O–H groups in total. The van der Waals surface area contributed by atoms with Crippen LogP contribution in [0.2, 0.25) is 0 Å². The van der Waals surface area contributed by atoms with Gasteiger partial charge in [0, 0.05) is 33.1 Å². The maximum absolute atomic E-state index is 11.7. The summed E-state index contributed by atoms with van der Waals surface area (Å²) in [6.07, 6.45) is 1.55. The lowest BCUT2D eigenvalue weighted by molar-refractivity contribution is -0.125. The predicted octanol–water partition coefficient (Wildman–Crippen LogP) is -0.241. The highest BCUT2D eigenvalue weighted by Gasteiger charge is 2.17. The summed E-state index contributed by atoms with van der Waals surface area (Å²) in [6, 6.07) is 1.14. The number of rotatable bonds is 3. The number of carbonyl (C=O) groups excluding carboxylic acids is 2. The van der Waals surface area contributed by atoms with Gasteiger partial charge in [-0.25, -0.2) is 4.79 Å². The summed E-state index contributed by atoms with van der Waals surface area (Å²) in [7, 11) is 1.69. The van der Waals surface area contributed by atoms with Crippen molar-refractivity contribution in [1.29, 1.82) is 0 Å². The number of aromatic nitrogens is 2. The van der Waals surface area contributed by atoms with Crippen molar-refractivity contribution in [1.82, 2.24) is 14.7 Å². The van der Waals surface area contributed by atoms with Gasteiger partial charge in [-0.1, -0.05) is 0 Å². The number of amides is 3. The van der Waals surface area contributed by atoms with Crippen molar-refractivity contribution < 1.29 is 9.59 Å².